The van der Waals surface area contributed by atoms with Gasteiger partial charge >= 0.3 is 0 Å². The molecule has 0 spiro atoms. The van der Waals surface area contributed by atoms with Gasteiger partial charge in [0.25, 0.3) is 5.91 Å². The van der Waals surface area contributed by atoms with Crippen LogP contribution in [0.4, 0.5) is 0 Å². The second-order valence-corrected chi connectivity index (χ2v) is 7.21. The highest BCUT2D eigenvalue weighted by Gasteiger charge is 2.20. The number of allylic oxidation sites excluding steroid dienone is 3. The first-order valence-corrected chi connectivity index (χ1v) is 10.5. The predicted molar refractivity (Wildman–Crippen MR) is 124 cm³/mol. The minimum absolute atomic E-state index is 0.0661. The van der Waals surface area contributed by atoms with Crippen molar-refractivity contribution in [2.24, 2.45) is 11.0 Å². The van der Waals surface area contributed by atoms with Crippen molar-refractivity contribution in [3.63, 3.8) is 0 Å². The first kappa shape index (κ1) is 25.0. The summed E-state index contributed by atoms with van der Waals surface area (Å²) in [5.74, 6) is -0.360. The fourth-order valence-electron chi connectivity index (χ4n) is 2.93. The van der Waals surface area contributed by atoms with Crippen LogP contribution in [-0.2, 0) is 0 Å². The molecule has 164 valence electrons. The van der Waals surface area contributed by atoms with Gasteiger partial charge in [-0.25, -0.2) is 0 Å². The molecule has 1 unspecified atom stereocenters. The van der Waals surface area contributed by atoms with Crippen molar-refractivity contribution in [2.75, 3.05) is 13.1 Å². The van der Waals surface area contributed by atoms with Gasteiger partial charge in [0.1, 0.15) is 11.5 Å². The third-order valence-electron chi connectivity index (χ3n) is 4.63. The highest BCUT2D eigenvalue weighted by atomic mass is 16.3. The number of hydrogen-bond acceptors (Lipinski definition) is 5. The first-order valence-electron chi connectivity index (χ1n) is 10.5. The normalized spacial score (nSPS) is 13.0. The lowest BCUT2D eigenvalue weighted by molar-refractivity contribution is 0.0735. The van der Waals surface area contributed by atoms with E-state index in [0.29, 0.717) is 19.5 Å². The summed E-state index contributed by atoms with van der Waals surface area (Å²) >= 11 is 0. The molecule has 0 aliphatic heterocycles. The van der Waals surface area contributed by atoms with Crippen LogP contribution in [0.2, 0.25) is 0 Å². The van der Waals surface area contributed by atoms with Crippen molar-refractivity contribution in [2.45, 2.75) is 46.5 Å². The number of rotatable bonds is 13. The standard InChI is InChI=1S/C24H35N3O3/c1-5-8-9-16-27(24(30)22-13-12-21(28)17-23(22)29)18-19(4)10-11-20(6-2)14-15-26-25-7-3/h6-7,10-13,15,17,19,25,28-29H,3,5,8-9,14,16,18H2,1-2,4H3/b11-10-,20-6+,26-15-. The highest BCUT2D eigenvalue weighted by molar-refractivity contribution is 5.97. The Morgan fingerprint density at radius 2 is 2.10 bits per heavy atom. The van der Waals surface area contributed by atoms with E-state index in [1.807, 2.05) is 13.0 Å². The van der Waals surface area contributed by atoms with Gasteiger partial charge in [-0.2, -0.15) is 5.10 Å². The fraction of sp³-hybridized carbons (Fsp3) is 0.417. The van der Waals surface area contributed by atoms with Crippen LogP contribution in [0.25, 0.3) is 0 Å². The Morgan fingerprint density at radius 1 is 1.33 bits per heavy atom. The molecule has 1 rings (SSSR count). The molecule has 0 saturated carbocycles. The van der Waals surface area contributed by atoms with E-state index in [-0.39, 0.29) is 28.9 Å². The van der Waals surface area contributed by atoms with E-state index in [2.05, 4.69) is 43.1 Å². The number of phenols is 2. The fourth-order valence-corrected chi connectivity index (χ4v) is 2.93. The number of phenolic OH excluding ortho intramolecular Hbond substituents is 2. The molecule has 1 aromatic rings. The van der Waals surface area contributed by atoms with Crippen molar-refractivity contribution in [1.82, 2.24) is 10.3 Å². The lowest BCUT2D eigenvalue weighted by Gasteiger charge is -2.25. The topological polar surface area (TPSA) is 85.2 Å². The maximum atomic E-state index is 13.0. The number of benzene rings is 1. The number of carbonyl (C=O) groups is 1. The molecule has 0 bridgehead atoms. The van der Waals surface area contributed by atoms with Crippen LogP contribution in [0.5, 0.6) is 11.5 Å². The molecular formula is C24H35N3O3. The highest BCUT2D eigenvalue weighted by Crippen LogP contribution is 2.24. The molecule has 1 aromatic carbocycles. The summed E-state index contributed by atoms with van der Waals surface area (Å²) in [6, 6.07) is 4.08. The summed E-state index contributed by atoms with van der Waals surface area (Å²) < 4.78 is 0. The van der Waals surface area contributed by atoms with E-state index >= 15 is 0 Å². The van der Waals surface area contributed by atoms with Gasteiger partial charge in [-0.3, -0.25) is 10.2 Å². The second-order valence-electron chi connectivity index (χ2n) is 7.21. The zero-order chi connectivity index (χ0) is 22.4. The number of carbonyl (C=O) groups excluding carboxylic acids is 1. The van der Waals surface area contributed by atoms with E-state index in [1.165, 1.54) is 24.4 Å². The van der Waals surface area contributed by atoms with Crippen LogP contribution in [0, 0.1) is 5.92 Å². The predicted octanol–water partition coefficient (Wildman–Crippen LogP) is 4.98. The van der Waals surface area contributed by atoms with Gasteiger partial charge in [0.2, 0.25) is 0 Å². The third-order valence-corrected chi connectivity index (χ3v) is 4.63. The average Bonchev–Trinajstić information content (AvgIpc) is 2.72. The van der Waals surface area contributed by atoms with Gasteiger partial charge in [-0.05, 0) is 37.0 Å². The Kier molecular flexibility index (Phi) is 11.7. The van der Waals surface area contributed by atoms with Crippen molar-refractivity contribution < 1.29 is 15.0 Å². The molecule has 30 heavy (non-hydrogen) atoms. The number of nitrogens with zero attached hydrogens (tertiary/aromatic N) is 2. The van der Waals surface area contributed by atoms with E-state index in [0.717, 1.165) is 24.8 Å². The van der Waals surface area contributed by atoms with Crippen molar-refractivity contribution in [1.29, 1.82) is 0 Å². The Bertz CT molecular complexity index is 769. The average molecular weight is 414 g/mol. The van der Waals surface area contributed by atoms with Gasteiger partial charge < -0.3 is 15.1 Å². The largest absolute Gasteiger partial charge is 0.508 e. The van der Waals surface area contributed by atoms with E-state index in [1.54, 1.807) is 11.1 Å². The molecule has 6 nitrogen and oxygen atoms in total. The lowest BCUT2D eigenvalue weighted by atomic mass is 10.1. The molecule has 0 aromatic heterocycles. The Hall–Kier alpha value is -3.02. The molecule has 1 atom stereocenters. The van der Waals surface area contributed by atoms with Gasteiger partial charge in [0.15, 0.2) is 0 Å². The molecule has 0 saturated heterocycles. The van der Waals surface area contributed by atoms with Crippen LogP contribution < -0.4 is 5.43 Å². The number of hydrogen-bond donors (Lipinski definition) is 3. The smallest absolute Gasteiger partial charge is 0.257 e. The molecule has 0 aliphatic rings. The van der Waals surface area contributed by atoms with Gasteiger partial charge in [-0.15, -0.1) is 0 Å². The third kappa shape index (κ3) is 8.99. The number of amides is 1. The van der Waals surface area contributed by atoms with Crippen LogP contribution in [-0.4, -0.2) is 40.3 Å². The van der Waals surface area contributed by atoms with Crippen molar-refractivity contribution in [3.8, 4) is 11.5 Å². The zero-order valence-corrected chi connectivity index (χ0v) is 18.3. The van der Waals surface area contributed by atoms with E-state index in [4.69, 9.17) is 0 Å². The number of unbranched alkanes of at least 4 members (excludes halogenated alkanes) is 2. The SMILES string of the molecule is C=CN/N=C\CC(/C=C\C(C)CN(CCCCC)C(=O)c1ccc(O)cc1O)=C/C. The number of hydrazone groups is 1. The summed E-state index contributed by atoms with van der Waals surface area (Å²) in [7, 11) is 0. The summed E-state index contributed by atoms with van der Waals surface area (Å²) in [4.78, 5) is 14.8. The lowest BCUT2D eigenvalue weighted by Crippen LogP contribution is -2.35. The first-order chi connectivity index (χ1) is 14.4. The van der Waals surface area contributed by atoms with Crippen LogP contribution in [0.15, 0.2) is 59.9 Å². The molecule has 1 amide bonds. The maximum Gasteiger partial charge on any atom is 0.257 e. The van der Waals surface area contributed by atoms with E-state index < -0.39 is 0 Å². The van der Waals surface area contributed by atoms with Crippen molar-refractivity contribution in [3.05, 3.63) is 60.3 Å². The molecule has 3 N–H and O–H groups in total. The number of aromatic hydroxyl groups is 2. The van der Waals surface area contributed by atoms with E-state index in [9.17, 15) is 15.0 Å². The van der Waals surface area contributed by atoms with Gasteiger partial charge in [0, 0.05) is 38.0 Å². The van der Waals surface area contributed by atoms with Gasteiger partial charge in [0.05, 0.1) is 5.56 Å². The molecule has 0 radical (unpaired) electrons. The molecule has 0 fully saturated rings. The summed E-state index contributed by atoms with van der Waals surface area (Å²) in [5.41, 5.74) is 4.01. The second kappa shape index (κ2) is 14.0. The Labute approximate surface area is 180 Å². The summed E-state index contributed by atoms with van der Waals surface area (Å²) in [5, 5.41) is 23.6. The summed E-state index contributed by atoms with van der Waals surface area (Å²) in [6.45, 7) is 10.9. The van der Waals surface area contributed by atoms with Crippen LogP contribution in [0.3, 0.4) is 0 Å². The Morgan fingerprint density at radius 3 is 2.73 bits per heavy atom. The molecule has 6 heteroatoms. The van der Waals surface area contributed by atoms with Crippen molar-refractivity contribution >= 4 is 12.1 Å². The monoisotopic (exact) mass is 413 g/mol. The minimum atomic E-state index is -0.224. The van der Waals surface area contributed by atoms with Crippen LogP contribution in [0.1, 0.15) is 56.8 Å². The maximum absolute atomic E-state index is 13.0. The van der Waals surface area contributed by atoms with Gasteiger partial charge in [-0.1, -0.05) is 51.5 Å². The number of nitrogens with one attached hydrogen (secondary N) is 1. The Balaban J connectivity index is 2.85. The molecular weight excluding hydrogens is 378 g/mol. The minimum Gasteiger partial charge on any atom is -0.508 e. The summed E-state index contributed by atoms with van der Waals surface area (Å²) in [6.07, 6.45) is 13.2. The molecule has 0 aliphatic carbocycles. The quantitative estimate of drug-likeness (QED) is 0.184. The molecule has 0 heterocycles. The zero-order valence-electron chi connectivity index (χ0n) is 18.3. The van der Waals surface area contributed by atoms with Crippen LogP contribution >= 0.6 is 0 Å².